The summed E-state index contributed by atoms with van der Waals surface area (Å²) in [6.45, 7) is 0. The topological polar surface area (TPSA) is 90.5 Å². The van der Waals surface area contributed by atoms with Crippen LogP contribution in [0.25, 0.3) is 16.9 Å². The van der Waals surface area contributed by atoms with E-state index in [1.54, 1.807) is 23.1 Å². The molecular formula is C20H19N7O. The second-order valence-electron chi connectivity index (χ2n) is 6.93. The van der Waals surface area contributed by atoms with E-state index in [9.17, 15) is 4.79 Å². The molecule has 1 aliphatic carbocycles. The lowest BCUT2D eigenvalue weighted by molar-refractivity contribution is 0.102. The summed E-state index contributed by atoms with van der Waals surface area (Å²) < 4.78 is 3.72. The molecule has 5 rings (SSSR count). The highest BCUT2D eigenvalue weighted by molar-refractivity contribution is 6.04. The molecule has 1 N–H and O–H groups in total. The summed E-state index contributed by atoms with van der Waals surface area (Å²) in [5, 5.41) is 7.02. The van der Waals surface area contributed by atoms with Crippen LogP contribution >= 0.6 is 0 Å². The van der Waals surface area contributed by atoms with Crippen LogP contribution in [0, 0.1) is 0 Å². The molecule has 8 nitrogen and oxygen atoms in total. The Bertz CT molecular complexity index is 1110. The summed E-state index contributed by atoms with van der Waals surface area (Å²) in [5.41, 5.74) is 2.42. The van der Waals surface area contributed by atoms with Crippen molar-refractivity contribution in [3.63, 3.8) is 0 Å². The highest BCUT2D eigenvalue weighted by atomic mass is 16.1. The largest absolute Gasteiger partial charge is 0.307 e. The summed E-state index contributed by atoms with van der Waals surface area (Å²) in [6.07, 6.45) is 9.17. The van der Waals surface area contributed by atoms with Crippen LogP contribution in [0.2, 0.25) is 0 Å². The van der Waals surface area contributed by atoms with Crippen LogP contribution in [0.15, 0.2) is 55.2 Å². The monoisotopic (exact) mass is 373 g/mol. The molecule has 0 radical (unpaired) electrons. The third kappa shape index (κ3) is 2.92. The van der Waals surface area contributed by atoms with Crippen LogP contribution in [0.4, 0.5) is 5.95 Å². The minimum Gasteiger partial charge on any atom is -0.307 e. The van der Waals surface area contributed by atoms with Gasteiger partial charge in [0.05, 0.1) is 16.6 Å². The molecule has 0 aliphatic heterocycles. The highest BCUT2D eigenvalue weighted by Crippen LogP contribution is 2.35. The number of fused-ring (bicyclic) bond motifs is 1. The number of para-hydroxylation sites is 2. The zero-order valence-electron chi connectivity index (χ0n) is 15.2. The fourth-order valence-corrected chi connectivity index (χ4v) is 3.82. The number of amides is 1. The van der Waals surface area contributed by atoms with Crippen molar-refractivity contribution in [2.24, 2.45) is 0 Å². The predicted molar refractivity (Wildman–Crippen MR) is 104 cm³/mol. The number of imidazole rings is 1. The Morgan fingerprint density at radius 3 is 2.71 bits per heavy atom. The number of carbonyl (C=O) groups excluding carboxylic acids is 1. The van der Waals surface area contributed by atoms with Gasteiger partial charge in [-0.25, -0.2) is 19.6 Å². The number of pyridine rings is 1. The average Bonchev–Trinajstić information content (AvgIpc) is 3.48. The molecule has 4 aromatic rings. The summed E-state index contributed by atoms with van der Waals surface area (Å²) in [6, 6.07) is 11.8. The Hall–Kier alpha value is -3.55. The number of aromatic nitrogens is 6. The van der Waals surface area contributed by atoms with Crippen LogP contribution in [0.3, 0.4) is 0 Å². The van der Waals surface area contributed by atoms with Crippen molar-refractivity contribution in [1.29, 1.82) is 0 Å². The van der Waals surface area contributed by atoms with E-state index in [0.29, 0.717) is 23.4 Å². The van der Waals surface area contributed by atoms with Crippen LogP contribution < -0.4 is 5.32 Å². The van der Waals surface area contributed by atoms with E-state index < -0.39 is 0 Å². The molecule has 1 amide bonds. The van der Waals surface area contributed by atoms with Gasteiger partial charge in [-0.2, -0.15) is 5.10 Å². The number of rotatable bonds is 4. The molecule has 1 aliphatic rings. The molecule has 1 aromatic carbocycles. The predicted octanol–water partition coefficient (Wildman–Crippen LogP) is 3.38. The number of nitrogens with zero attached hydrogens (tertiary/aromatic N) is 6. The Labute approximate surface area is 161 Å². The third-order valence-corrected chi connectivity index (χ3v) is 5.17. The van der Waals surface area contributed by atoms with Crippen molar-refractivity contribution in [3.8, 4) is 5.82 Å². The molecule has 0 unspecified atom stereocenters. The Morgan fingerprint density at radius 2 is 1.96 bits per heavy atom. The first kappa shape index (κ1) is 16.6. The lowest BCUT2D eigenvalue weighted by Gasteiger charge is -2.16. The van der Waals surface area contributed by atoms with Crippen LogP contribution in [0.1, 0.15) is 42.1 Å². The molecule has 28 heavy (non-hydrogen) atoms. The maximum Gasteiger partial charge on any atom is 0.259 e. The Kier molecular flexibility index (Phi) is 4.08. The molecule has 0 saturated heterocycles. The van der Waals surface area contributed by atoms with Gasteiger partial charge in [-0.1, -0.05) is 25.0 Å². The molecule has 1 fully saturated rings. The molecule has 8 heteroatoms. The maximum atomic E-state index is 12.8. The highest BCUT2D eigenvalue weighted by Gasteiger charge is 2.23. The first-order valence-electron chi connectivity index (χ1n) is 9.39. The molecule has 0 atom stereocenters. The fourth-order valence-electron chi connectivity index (χ4n) is 3.82. The van der Waals surface area contributed by atoms with Gasteiger partial charge in [0.25, 0.3) is 5.91 Å². The van der Waals surface area contributed by atoms with Crippen molar-refractivity contribution in [1.82, 2.24) is 29.3 Å². The van der Waals surface area contributed by atoms with Crippen molar-refractivity contribution in [2.45, 2.75) is 31.7 Å². The van der Waals surface area contributed by atoms with E-state index in [2.05, 4.69) is 36.0 Å². The molecule has 3 heterocycles. The van der Waals surface area contributed by atoms with Crippen LogP contribution in [0.5, 0.6) is 0 Å². The van der Waals surface area contributed by atoms with Gasteiger partial charge >= 0.3 is 0 Å². The first-order valence-corrected chi connectivity index (χ1v) is 9.39. The number of benzene rings is 1. The van der Waals surface area contributed by atoms with Gasteiger partial charge in [0.2, 0.25) is 5.95 Å². The molecular weight excluding hydrogens is 354 g/mol. The van der Waals surface area contributed by atoms with Gasteiger partial charge in [0, 0.05) is 12.2 Å². The minimum absolute atomic E-state index is 0.229. The van der Waals surface area contributed by atoms with Gasteiger partial charge in [-0.15, -0.1) is 0 Å². The minimum atomic E-state index is -0.229. The van der Waals surface area contributed by atoms with Crippen LogP contribution in [-0.2, 0) is 0 Å². The van der Waals surface area contributed by atoms with E-state index in [1.807, 2.05) is 18.2 Å². The number of hydrogen-bond acceptors (Lipinski definition) is 5. The lowest BCUT2D eigenvalue weighted by atomic mass is 10.2. The average molecular weight is 373 g/mol. The van der Waals surface area contributed by atoms with Crippen molar-refractivity contribution >= 4 is 22.9 Å². The lowest BCUT2D eigenvalue weighted by Crippen LogP contribution is -2.18. The smallest absolute Gasteiger partial charge is 0.259 e. The number of anilines is 1. The standard InChI is InChI=1S/C20H19N7O/c28-19(14-9-10-18(22-11-14)26-13-21-12-23-26)25-20-24-16-7-3-4-8-17(16)27(20)15-5-1-2-6-15/h3-4,7-13,15H,1-2,5-6H2,(H,24,25,28). The van der Waals surface area contributed by atoms with Gasteiger partial charge < -0.3 is 4.57 Å². The Morgan fingerprint density at radius 1 is 1.11 bits per heavy atom. The van der Waals surface area contributed by atoms with Gasteiger partial charge in [0.15, 0.2) is 5.82 Å². The second kappa shape index (κ2) is 6.88. The SMILES string of the molecule is O=C(Nc1nc2ccccc2n1C1CCCC1)c1ccc(-n2cncn2)nc1. The second-order valence-corrected chi connectivity index (χ2v) is 6.93. The quantitative estimate of drug-likeness (QED) is 0.592. The van der Waals surface area contributed by atoms with Crippen molar-refractivity contribution in [3.05, 3.63) is 60.8 Å². The molecule has 140 valence electrons. The van der Waals surface area contributed by atoms with Crippen LogP contribution in [-0.4, -0.2) is 35.2 Å². The fraction of sp³-hybridized carbons (Fsp3) is 0.250. The van der Waals surface area contributed by atoms with Crippen molar-refractivity contribution < 1.29 is 4.79 Å². The molecule has 3 aromatic heterocycles. The maximum absolute atomic E-state index is 12.8. The van der Waals surface area contributed by atoms with E-state index >= 15 is 0 Å². The molecule has 0 spiro atoms. The summed E-state index contributed by atoms with van der Waals surface area (Å²) in [4.78, 5) is 25.7. The first-order chi connectivity index (χ1) is 13.8. The van der Waals surface area contributed by atoms with Gasteiger partial charge in [-0.05, 0) is 37.1 Å². The molecule has 0 bridgehead atoms. The summed E-state index contributed by atoms with van der Waals surface area (Å²) in [5.74, 6) is 0.970. The van der Waals surface area contributed by atoms with E-state index in [4.69, 9.17) is 0 Å². The summed E-state index contributed by atoms with van der Waals surface area (Å²) in [7, 11) is 0. The van der Waals surface area contributed by atoms with Gasteiger partial charge in [0.1, 0.15) is 12.7 Å². The third-order valence-electron chi connectivity index (χ3n) is 5.17. The number of carbonyl (C=O) groups is 1. The van der Waals surface area contributed by atoms with E-state index in [-0.39, 0.29) is 5.91 Å². The summed E-state index contributed by atoms with van der Waals surface area (Å²) >= 11 is 0. The molecule has 1 saturated carbocycles. The number of nitrogens with one attached hydrogen (secondary N) is 1. The zero-order valence-corrected chi connectivity index (χ0v) is 15.2. The van der Waals surface area contributed by atoms with E-state index in [1.165, 1.54) is 25.4 Å². The zero-order chi connectivity index (χ0) is 18.9. The van der Waals surface area contributed by atoms with Crippen molar-refractivity contribution in [2.75, 3.05) is 5.32 Å². The van der Waals surface area contributed by atoms with E-state index in [0.717, 1.165) is 23.9 Å². The van der Waals surface area contributed by atoms with Gasteiger partial charge in [-0.3, -0.25) is 10.1 Å². The Balaban J connectivity index is 1.44. The normalized spacial score (nSPS) is 14.6. The number of hydrogen-bond donors (Lipinski definition) is 1.